The Labute approximate surface area is 164 Å². The molecule has 1 heterocycles. The van der Waals surface area contributed by atoms with Crippen molar-refractivity contribution in [1.82, 2.24) is 4.90 Å². The third-order valence-corrected chi connectivity index (χ3v) is 7.65. The van der Waals surface area contributed by atoms with Gasteiger partial charge in [-0.1, -0.05) is 50.2 Å². The molecule has 1 saturated carbocycles. The molecule has 5 rings (SSSR count). The quantitative estimate of drug-likeness (QED) is 0.785. The molecule has 1 saturated heterocycles. The largest absolute Gasteiger partial charge is 0.381 e. The summed E-state index contributed by atoms with van der Waals surface area (Å²) in [6.45, 7) is 8.55. The van der Waals surface area contributed by atoms with Crippen LogP contribution in [-0.2, 0) is 18.4 Å². The number of hydrogen-bond acceptors (Lipinski definition) is 2. The van der Waals surface area contributed by atoms with Gasteiger partial charge in [0.1, 0.15) is 0 Å². The molecule has 0 radical (unpaired) electrons. The Bertz CT molecular complexity index is 810. The van der Waals surface area contributed by atoms with E-state index >= 15 is 0 Å². The Kier molecular flexibility index (Phi) is 4.27. The van der Waals surface area contributed by atoms with Crippen LogP contribution in [0.25, 0.3) is 0 Å². The van der Waals surface area contributed by atoms with Crippen LogP contribution < -0.4 is 5.32 Å². The third kappa shape index (κ3) is 3.18. The number of nitrogens with one attached hydrogen (secondary N) is 1. The number of fused-ring (bicyclic) bond motifs is 4. The van der Waals surface area contributed by atoms with Gasteiger partial charge in [-0.25, -0.2) is 0 Å². The first-order valence-electron chi connectivity index (χ1n) is 10.8. The van der Waals surface area contributed by atoms with Crippen molar-refractivity contribution < 1.29 is 0 Å². The first-order chi connectivity index (χ1) is 13.1. The maximum Gasteiger partial charge on any atom is 0.0400 e. The summed E-state index contributed by atoms with van der Waals surface area (Å²) in [6.07, 6.45) is 5.45. The Morgan fingerprint density at radius 2 is 1.93 bits per heavy atom. The SMILES string of the molecule is C[C@H]1C2Cc3ccc(NCc4ccccc4)cc3[C@@]1(C)CCN2CC1CC1. The van der Waals surface area contributed by atoms with E-state index in [1.54, 1.807) is 11.1 Å². The van der Waals surface area contributed by atoms with Gasteiger partial charge in [-0.15, -0.1) is 0 Å². The molecular weight excluding hydrogens is 328 g/mol. The smallest absolute Gasteiger partial charge is 0.0400 e. The minimum absolute atomic E-state index is 0.322. The van der Waals surface area contributed by atoms with Crippen LogP contribution in [0.3, 0.4) is 0 Å². The van der Waals surface area contributed by atoms with Gasteiger partial charge in [0.15, 0.2) is 0 Å². The summed E-state index contributed by atoms with van der Waals surface area (Å²) in [5, 5.41) is 3.65. The van der Waals surface area contributed by atoms with Gasteiger partial charge in [0, 0.05) is 24.8 Å². The van der Waals surface area contributed by atoms with Gasteiger partial charge in [0.25, 0.3) is 0 Å². The molecular formula is C25H32N2. The number of anilines is 1. The van der Waals surface area contributed by atoms with E-state index in [-0.39, 0.29) is 0 Å². The van der Waals surface area contributed by atoms with E-state index in [1.807, 2.05) is 0 Å². The van der Waals surface area contributed by atoms with Crippen molar-refractivity contribution in [2.24, 2.45) is 11.8 Å². The zero-order valence-corrected chi connectivity index (χ0v) is 16.7. The minimum atomic E-state index is 0.322. The van der Waals surface area contributed by atoms with Gasteiger partial charge in [0.05, 0.1) is 0 Å². The molecule has 0 amide bonds. The molecule has 2 heteroatoms. The van der Waals surface area contributed by atoms with Crippen LogP contribution >= 0.6 is 0 Å². The maximum absolute atomic E-state index is 3.65. The van der Waals surface area contributed by atoms with Crippen LogP contribution in [0.2, 0.25) is 0 Å². The van der Waals surface area contributed by atoms with Crippen molar-refractivity contribution in [3.05, 3.63) is 65.2 Å². The first kappa shape index (κ1) is 17.3. The van der Waals surface area contributed by atoms with E-state index in [9.17, 15) is 0 Å². The van der Waals surface area contributed by atoms with Gasteiger partial charge in [-0.05, 0) is 78.3 Å². The molecule has 2 bridgehead atoms. The molecule has 1 unspecified atom stereocenters. The molecule has 0 aromatic heterocycles. The van der Waals surface area contributed by atoms with Crippen LogP contribution in [0.15, 0.2) is 48.5 Å². The molecule has 2 aromatic rings. The summed E-state index contributed by atoms with van der Waals surface area (Å²) in [7, 11) is 0. The number of rotatable bonds is 5. The van der Waals surface area contributed by atoms with Crippen molar-refractivity contribution in [2.45, 2.75) is 57.5 Å². The Hall–Kier alpha value is -1.80. The summed E-state index contributed by atoms with van der Waals surface area (Å²) in [4.78, 5) is 2.83. The summed E-state index contributed by atoms with van der Waals surface area (Å²) in [5.74, 6) is 1.73. The third-order valence-electron chi connectivity index (χ3n) is 7.65. The highest BCUT2D eigenvalue weighted by Gasteiger charge is 2.48. The van der Waals surface area contributed by atoms with Crippen molar-refractivity contribution in [2.75, 3.05) is 18.4 Å². The molecule has 142 valence electrons. The Balaban J connectivity index is 1.38. The maximum atomic E-state index is 3.65. The van der Waals surface area contributed by atoms with Crippen molar-refractivity contribution in [3.63, 3.8) is 0 Å². The molecule has 2 fully saturated rings. The molecule has 3 aliphatic rings. The normalized spacial score (nSPS) is 30.0. The molecule has 1 aliphatic heterocycles. The van der Waals surface area contributed by atoms with Gasteiger partial charge in [-0.2, -0.15) is 0 Å². The van der Waals surface area contributed by atoms with E-state index in [0.717, 1.165) is 24.4 Å². The number of likely N-dealkylation sites (tertiary alicyclic amines) is 1. The summed E-state index contributed by atoms with van der Waals surface area (Å²) in [5.41, 5.74) is 6.12. The second-order valence-electron chi connectivity index (χ2n) is 9.38. The fourth-order valence-corrected chi connectivity index (χ4v) is 5.48. The van der Waals surface area contributed by atoms with Gasteiger partial charge >= 0.3 is 0 Å². The van der Waals surface area contributed by atoms with E-state index in [4.69, 9.17) is 0 Å². The molecule has 1 N–H and O–H groups in total. The van der Waals surface area contributed by atoms with Crippen LogP contribution in [-0.4, -0.2) is 24.0 Å². The van der Waals surface area contributed by atoms with E-state index in [1.165, 1.54) is 50.0 Å². The van der Waals surface area contributed by atoms with Gasteiger partial charge in [-0.3, -0.25) is 4.90 Å². The monoisotopic (exact) mass is 360 g/mol. The molecule has 2 aromatic carbocycles. The summed E-state index contributed by atoms with van der Waals surface area (Å²) < 4.78 is 0. The average molecular weight is 361 g/mol. The number of benzene rings is 2. The molecule has 2 nitrogen and oxygen atoms in total. The highest BCUT2D eigenvalue weighted by atomic mass is 15.2. The zero-order valence-electron chi connectivity index (χ0n) is 16.7. The second-order valence-corrected chi connectivity index (χ2v) is 9.38. The van der Waals surface area contributed by atoms with Crippen LogP contribution in [0.1, 0.15) is 49.8 Å². The van der Waals surface area contributed by atoms with Crippen molar-refractivity contribution in [3.8, 4) is 0 Å². The average Bonchev–Trinajstić information content (AvgIpc) is 3.50. The van der Waals surface area contributed by atoms with Crippen LogP contribution in [0, 0.1) is 11.8 Å². The van der Waals surface area contributed by atoms with E-state index in [2.05, 4.69) is 72.6 Å². The van der Waals surface area contributed by atoms with Gasteiger partial charge < -0.3 is 5.32 Å². The number of piperidine rings is 1. The standard InChI is InChI=1S/C25H32N2/c1-18-24-14-21-10-11-22(26-16-19-6-4-3-5-7-19)15-23(21)25(18,2)12-13-27(24)17-20-8-9-20/h3-7,10-11,15,18,20,24,26H,8-9,12-14,16-17H2,1-2H3/t18-,24?,25-/m0/s1. The van der Waals surface area contributed by atoms with Crippen LogP contribution in [0.4, 0.5) is 5.69 Å². The minimum Gasteiger partial charge on any atom is -0.381 e. The lowest BCUT2D eigenvalue weighted by atomic mass is 9.59. The molecule has 0 spiro atoms. The molecule has 27 heavy (non-hydrogen) atoms. The van der Waals surface area contributed by atoms with E-state index in [0.29, 0.717) is 5.41 Å². The lowest BCUT2D eigenvalue weighted by Gasteiger charge is -2.55. The van der Waals surface area contributed by atoms with Crippen LogP contribution in [0.5, 0.6) is 0 Å². The number of nitrogens with zero attached hydrogens (tertiary/aromatic N) is 1. The lowest BCUT2D eigenvalue weighted by Crippen LogP contribution is -2.58. The topological polar surface area (TPSA) is 15.3 Å². The number of hydrogen-bond donors (Lipinski definition) is 1. The highest BCUT2D eigenvalue weighted by Crippen LogP contribution is 2.49. The fourth-order valence-electron chi connectivity index (χ4n) is 5.48. The summed E-state index contributed by atoms with van der Waals surface area (Å²) in [6, 6.07) is 18.6. The highest BCUT2D eigenvalue weighted by molar-refractivity contribution is 5.53. The predicted molar refractivity (Wildman–Crippen MR) is 113 cm³/mol. The Morgan fingerprint density at radius 1 is 1.11 bits per heavy atom. The second kappa shape index (κ2) is 6.67. The fraction of sp³-hybridized carbons (Fsp3) is 0.520. The lowest BCUT2D eigenvalue weighted by molar-refractivity contribution is 0.0284. The summed E-state index contributed by atoms with van der Waals surface area (Å²) >= 11 is 0. The Morgan fingerprint density at radius 3 is 2.70 bits per heavy atom. The predicted octanol–water partition coefficient (Wildman–Crippen LogP) is 5.23. The molecule has 3 atom stereocenters. The molecule has 2 aliphatic carbocycles. The van der Waals surface area contributed by atoms with Crippen molar-refractivity contribution in [1.29, 1.82) is 0 Å². The van der Waals surface area contributed by atoms with Gasteiger partial charge in [0.2, 0.25) is 0 Å². The van der Waals surface area contributed by atoms with E-state index < -0.39 is 0 Å². The first-order valence-corrected chi connectivity index (χ1v) is 10.8. The van der Waals surface area contributed by atoms with Crippen molar-refractivity contribution >= 4 is 5.69 Å². The zero-order chi connectivity index (χ0) is 18.4.